The molecule has 1 heterocycles. The number of benzene rings is 1. The summed E-state index contributed by atoms with van der Waals surface area (Å²) >= 11 is 0. The van der Waals surface area contributed by atoms with Crippen molar-refractivity contribution in [2.75, 3.05) is 0 Å². The van der Waals surface area contributed by atoms with Gasteiger partial charge in [-0.1, -0.05) is 6.07 Å². The highest BCUT2D eigenvalue weighted by molar-refractivity contribution is 5.60. The van der Waals surface area contributed by atoms with E-state index in [0.29, 0.717) is 5.69 Å². The summed E-state index contributed by atoms with van der Waals surface area (Å²) < 4.78 is 26.8. The zero-order valence-corrected chi connectivity index (χ0v) is 7.80. The van der Waals surface area contributed by atoms with Crippen molar-refractivity contribution in [3.8, 4) is 11.3 Å². The molecule has 0 spiro atoms. The second-order valence-electron chi connectivity index (χ2n) is 3.14. The van der Waals surface area contributed by atoms with Crippen LogP contribution in [0.25, 0.3) is 11.3 Å². The smallest absolute Gasteiger partial charge is 0.168 e. The van der Waals surface area contributed by atoms with Gasteiger partial charge in [-0.15, -0.1) is 0 Å². The quantitative estimate of drug-likeness (QED) is 0.783. The van der Waals surface area contributed by atoms with E-state index >= 15 is 0 Å². The summed E-state index contributed by atoms with van der Waals surface area (Å²) in [7, 11) is 0. The van der Waals surface area contributed by atoms with Crippen LogP contribution in [0.3, 0.4) is 0 Å². The lowest BCUT2D eigenvalue weighted by molar-refractivity contribution is 0.273. The van der Waals surface area contributed by atoms with E-state index < -0.39 is 18.2 Å². The highest BCUT2D eigenvalue weighted by atomic mass is 19.2. The van der Waals surface area contributed by atoms with Gasteiger partial charge in [-0.2, -0.15) is 0 Å². The molecule has 0 saturated heterocycles. The first-order valence-electron chi connectivity index (χ1n) is 4.45. The van der Waals surface area contributed by atoms with Crippen LogP contribution in [-0.2, 0) is 6.61 Å². The summed E-state index contributed by atoms with van der Waals surface area (Å²) in [5, 5.41) is 8.75. The van der Waals surface area contributed by atoms with Crippen molar-refractivity contribution in [1.29, 1.82) is 0 Å². The molecule has 0 amide bonds. The molecule has 0 unspecified atom stereocenters. The van der Waals surface area contributed by atoms with Gasteiger partial charge in [0.15, 0.2) is 11.6 Å². The Morgan fingerprint density at radius 1 is 1.13 bits per heavy atom. The van der Waals surface area contributed by atoms with Gasteiger partial charge in [-0.05, 0) is 18.2 Å². The molecule has 0 aliphatic heterocycles. The van der Waals surface area contributed by atoms with E-state index in [1.165, 1.54) is 12.1 Å². The third-order valence-corrected chi connectivity index (χ3v) is 2.22. The zero-order chi connectivity index (χ0) is 10.8. The van der Waals surface area contributed by atoms with Crippen molar-refractivity contribution in [3.05, 3.63) is 47.7 Å². The molecule has 1 aromatic heterocycles. The molecule has 0 aliphatic carbocycles. The molecule has 78 valence electrons. The fourth-order valence-corrected chi connectivity index (χ4v) is 1.42. The topological polar surface area (TPSA) is 36.0 Å². The first-order valence-corrected chi connectivity index (χ1v) is 4.45. The van der Waals surface area contributed by atoms with E-state index in [1.807, 2.05) is 0 Å². The molecule has 0 fully saturated rings. The third-order valence-electron chi connectivity index (χ3n) is 2.22. The Morgan fingerprint density at radius 3 is 2.53 bits per heavy atom. The minimum Gasteiger partial charge on any atom is -0.392 e. The Labute approximate surface area is 85.2 Å². The number of rotatable bonds is 2. The Morgan fingerprint density at radius 2 is 1.93 bits per heavy atom. The molecule has 0 aliphatic rings. The second-order valence-corrected chi connectivity index (χ2v) is 3.14. The molecule has 0 saturated carbocycles. The number of aliphatic hydroxyl groups excluding tert-OH is 1. The Hall–Kier alpha value is -1.68. The molecule has 2 aromatic rings. The van der Waals surface area contributed by atoms with Gasteiger partial charge < -0.3 is 10.1 Å². The van der Waals surface area contributed by atoms with Gasteiger partial charge >= 0.3 is 0 Å². The van der Waals surface area contributed by atoms with Gasteiger partial charge in [-0.25, -0.2) is 8.78 Å². The lowest BCUT2D eigenvalue weighted by atomic mass is 10.1. The fraction of sp³-hybridized carbons (Fsp3) is 0.0909. The zero-order valence-electron chi connectivity index (χ0n) is 7.80. The summed E-state index contributed by atoms with van der Waals surface area (Å²) in [6, 6.07) is 6.16. The number of hydrogen-bond acceptors (Lipinski definition) is 1. The van der Waals surface area contributed by atoms with Crippen LogP contribution in [0.2, 0.25) is 0 Å². The molecule has 4 heteroatoms. The second kappa shape index (κ2) is 3.82. The van der Waals surface area contributed by atoms with E-state index in [4.69, 9.17) is 5.11 Å². The third kappa shape index (κ3) is 1.64. The summed E-state index contributed by atoms with van der Waals surface area (Å²) in [4.78, 5) is 2.79. The van der Waals surface area contributed by atoms with Crippen LogP contribution in [0, 0.1) is 11.6 Å². The van der Waals surface area contributed by atoms with Crippen LogP contribution in [0.1, 0.15) is 5.56 Å². The number of hydrogen-bond donors (Lipinski definition) is 2. The maximum absolute atomic E-state index is 13.5. The van der Waals surface area contributed by atoms with Gasteiger partial charge in [0, 0.05) is 23.0 Å². The van der Waals surface area contributed by atoms with Crippen LogP contribution < -0.4 is 0 Å². The average molecular weight is 209 g/mol. The average Bonchev–Trinajstić information content (AvgIpc) is 2.75. The number of aliphatic hydroxyl groups is 1. The van der Waals surface area contributed by atoms with Crippen LogP contribution in [0.5, 0.6) is 0 Å². The van der Waals surface area contributed by atoms with E-state index in [2.05, 4.69) is 4.98 Å². The van der Waals surface area contributed by atoms with E-state index in [9.17, 15) is 8.78 Å². The summed E-state index contributed by atoms with van der Waals surface area (Å²) in [6.07, 6.45) is 1.63. The lowest BCUT2D eigenvalue weighted by Crippen LogP contribution is -1.96. The SMILES string of the molecule is OCc1ccc(-c2ccc[nH]2)c(F)c1F. The van der Waals surface area contributed by atoms with Crippen molar-refractivity contribution < 1.29 is 13.9 Å². The molecular weight excluding hydrogens is 200 g/mol. The first-order chi connectivity index (χ1) is 7.24. The normalized spacial score (nSPS) is 10.6. The van der Waals surface area contributed by atoms with E-state index in [-0.39, 0.29) is 11.1 Å². The molecule has 2 rings (SSSR count). The van der Waals surface area contributed by atoms with E-state index in [0.717, 1.165) is 0 Å². The maximum atomic E-state index is 13.5. The standard InChI is InChI=1S/C11H9F2NO/c12-10-7(6-15)3-4-8(11(10)13)9-2-1-5-14-9/h1-5,14-15H,6H2. The number of halogens is 2. The molecule has 2 N–H and O–H groups in total. The van der Waals surface area contributed by atoms with Crippen molar-refractivity contribution in [1.82, 2.24) is 4.98 Å². The molecule has 2 nitrogen and oxygen atoms in total. The largest absolute Gasteiger partial charge is 0.392 e. The molecule has 15 heavy (non-hydrogen) atoms. The van der Waals surface area contributed by atoms with Crippen LogP contribution in [0.15, 0.2) is 30.5 Å². The van der Waals surface area contributed by atoms with E-state index in [1.54, 1.807) is 18.3 Å². The molecule has 0 radical (unpaired) electrons. The van der Waals surface area contributed by atoms with Crippen molar-refractivity contribution in [2.45, 2.75) is 6.61 Å². The van der Waals surface area contributed by atoms with Gasteiger partial charge in [0.05, 0.1) is 6.61 Å². The number of H-pyrrole nitrogens is 1. The fourth-order valence-electron chi connectivity index (χ4n) is 1.42. The molecule has 1 aromatic carbocycles. The minimum absolute atomic E-state index is 0.0391. The Balaban J connectivity index is 2.56. The molecule has 0 atom stereocenters. The van der Waals surface area contributed by atoms with Crippen molar-refractivity contribution >= 4 is 0 Å². The summed E-state index contributed by atoms with van der Waals surface area (Å²) in [5.74, 6) is -1.94. The van der Waals surface area contributed by atoms with Gasteiger partial charge in [0.1, 0.15) is 0 Å². The number of aromatic nitrogens is 1. The van der Waals surface area contributed by atoms with Crippen molar-refractivity contribution in [3.63, 3.8) is 0 Å². The number of aromatic amines is 1. The Bertz CT molecular complexity index is 466. The summed E-state index contributed by atoms with van der Waals surface area (Å²) in [5.41, 5.74) is 0.633. The van der Waals surface area contributed by atoms with Crippen LogP contribution in [0.4, 0.5) is 8.78 Å². The monoisotopic (exact) mass is 209 g/mol. The predicted molar refractivity (Wildman–Crippen MR) is 52.1 cm³/mol. The molecule has 0 bridgehead atoms. The predicted octanol–water partition coefficient (Wildman–Crippen LogP) is 2.45. The number of nitrogens with one attached hydrogen (secondary N) is 1. The first kappa shape index (κ1) is 9.86. The highest BCUT2D eigenvalue weighted by Gasteiger charge is 2.14. The van der Waals surface area contributed by atoms with Crippen LogP contribution >= 0.6 is 0 Å². The Kier molecular flexibility index (Phi) is 2.51. The molecular formula is C11H9F2NO. The highest BCUT2D eigenvalue weighted by Crippen LogP contribution is 2.24. The summed E-state index contributed by atoms with van der Waals surface area (Å²) in [6.45, 7) is -0.506. The van der Waals surface area contributed by atoms with Gasteiger partial charge in [0.2, 0.25) is 0 Å². The van der Waals surface area contributed by atoms with Crippen LogP contribution in [-0.4, -0.2) is 10.1 Å². The van der Waals surface area contributed by atoms with Gasteiger partial charge in [0.25, 0.3) is 0 Å². The van der Waals surface area contributed by atoms with Gasteiger partial charge in [-0.3, -0.25) is 0 Å². The minimum atomic E-state index is -0.996. The van der Waals surface area contributed by atoms with Crippen molar-refractivity contribution in [2.24, 2.45) is 0 Å². The lowest BCUT2D eigenvalue weighted by Gasteiger charge is -2.05. The maximum Gasteiger partial charge on any atom is 0.168 e.